The summed E-state index contributed by atoms with van der Waals surface area (Å²) >= 11 is 0. The molecule has 0 aliphatic carbocycles. The van der Waals surface area contributed by atoms with Crippen LogP contribution in [-0.4, -0.2) is 37.2 Å². The number of ether oxygens (including phenoxy) is 3. The van der Waals surface area contributed by atoms with Crippen molar-refractivity contribution < 1.29 is 28.6 Å². The lowest BCUT2D eigenvalue weighted by Gasteiger charge is -2.18. The molecule has 0 saturated heterocycles. The second kappa shape index (κ2) is 56.0. The molecule has 6 nitrogen and oxygen atoms in total. The summed E-state index contributed by atoms with van der Waals surface area (Å²) in [6.07, 6.45) is 68.3. The molecule has 0 heterocycles. The maximum Gasteiger partial charge on any atom is 0.306 e. The number of esters is 3. The number of hydrogen-bond donors (Lipinski definition) is 0. The zero-order valence-electron chi connectivity index (χ0n) is 44.7. The van der Waals surface area contributed by atoms with Gasteiger partial charge in [-0.2, -0.15) is 0 Å². The SMILES string of the molecule is CC/C=C\C/C=C\C/C=C\C/C=C\CCCCC(=O)OC[C@H](COC(=O)CCCCCCCCCCCCCCC)OC(=O)CCCCCCCCCCCCCCCCCCCCCCC. The highest BCUT2D eigenvalue weighted by atomic mass is 16.6. The third-order valence-corrected chi connectivity index (χ3v) is 12.8. The Morgan fingerprint density at radius 2 is 0.582 bits per heavy atom. The molecule has 0 radical (unpaired) electrons. The van der Waals surface area contributed by atoms with Gasteiger partial charge in [-0.15, -0.1) is 0 Å². The first-order chi connectivity index (χ1) is 33.0. The van der Waals surface area contributed by atoms with Gasteiger partial charge in [-0.3, -0.25) is 14.4 Å². The van der Waals surface area contributed by atoms with E-state index in [9.17, 15) is 14.4 Å². The highest BCUT2D eigenvalue weighted by Crippen LogP contribution is 2.17. The van der Waals surface area contributed by atoms with E-state index in [1.807, 2.05) is 0 Å². The van der Waals surface area contributed by atoms with Crippen LogP contribution in [0.15, 0.2) is 48.6 Å². The van der Waals surface area contributed by atoms with Crippen molar-refractivity contribution in [1.29, 1.82) is 0 Å². The largest absolute Gasteiger partial charge is 0.462 e. The number of rotatable bonds is 53. The maximum absolute atomic E-state index is 12.9. The Balaban J connectivity index is 4.34. The third-order valence-electron chi connectivity index (χ3n) is 12.8. The Morgan fingerprint density at radius 3 is 0.910 bits per heavy atom. The van der Waals surface area contributed by atoms with E-state index in [0.29, 0.717) is 19.3 Å². The van der Waals surface area contributed by atoms with Crippen LogP contribution >= 0.6 is 0 Å². The van der Waals surface area contributed by atoms with Gasteiger partial charge in [0.15, 0.2) is 6.10 Å². The first kappa shape index (κ1) is 64.4. The second-order valence-electron chi connectivity index (χ2n) is 19.5. The van der Waals surface area contributed by atoms with Crippen molar-refractivity contribution in [3.63, 3.8) is 0 Å². The second-order valence-corrected chi connectivity index (χ2v) is 19.5. The highest BCUT2D eigenvalue weighted by Gasteiger charge is 2.19. The molecule has 0 aliphatic rings. The summed E-state index contributed by atoms with van der Waals surface area (Å²) in [5.74, 6) is -0.909. The zero-order valence-corrected chi connectivity index (χ0v) is 44.7. The van der Waals surface area contributed by atoms with Gasteiger partial charge < -0.3 is 14.2 Å². The van der Waals surface area contributed by atoms with Crippen LogP contribution < -0.4 is 0 Å². The molecule has 0 aliphatic heterocycles. The van der Waals surface area contributed by atoms with Gasteiger partial charge in [0.1, 0.15) is 13.2 Å². The van der Waals surface area contributed by atoms with Gasteiger partial charge in [-0.05, 0) is 57.8 Å². The standard InChI is InChI=1S/C61H110O6/c1-4-7-10-13-16-19-22-25-27-28-29-30-31-32-34-37-40-43-46-49-52-55-61(64)67-58(56-65-59(62)53-50-47-44-41-38-35-24-21-18-15-12-9-6-3)57-66-60(63)54-51-48-45-42-39-36-33-26-23-20-17-14-11-8-5-2/h8,11,17,20,26,33,39,42,58H,4-7,9-10,12-16,18-19,21-25,27-32,34-38,40-41,43-57H2,1-3H3/b11-8-,20-17-,33-26-,42-39-/t58-/m0/s1. The summed E-state index contributed by atoms with van der Waals surface area (Å²) in [6, 6.07) is 0. The fourth-order valence-corrected chi connectivity index (χ4v) is 8.49. The first-order valence-corrected chi connectivity index (χ1v) is 29.1. The topological polar surface area (TPSA) is 78.9 Å². The first-order valence-electron chi connectivity index (χ1n) is 29.1. The average Bonchev–Trinajstić information content (AvgIpc) is 3.33. The molecule has 0 fully saturated rings. The van der Waals surface area contributed by atoms with Gasteiger partial charge in [0.05, 0.1) is 0 Å². The molecule has 6 heteroatoms. The lowest BCUT2D eigenvalue weighted by Crippen LogP contribution is -2.30. The van der Waals surface area contributed by atoms with Crippen molar-refractivity contribution >= 4 is 17.9 Å². The Hall–Kier alpha value is -2.63. The molecule has 0 spiro atoms. The lowest BCUT2D eigenvalue weighted by atomic mass is 10.0. The summed E-state index contributed by atoms with van der Waals surface area (Å²) < 4.78 is 16.8. The van der Waals surface area contributed by atoms with Gasteiger partial charge in [0, 0.05) is 19.3 Å². The number of hydrogen-bond acceptors (Lipinski definition) is 6. The Labute approximate surface area is 416 Å². The molecule has 390 valence electrons. The molecule has 0 aromatic heterocycles. The fourth-order valence-electron chi connectivity index (χ4n) is 8.49. The molecule has 0 rings (SSSR count). The van der Waals surface area contributed by atoms with Crippen molar-refractivity contribution in [2.45, 2.75) is 309 Å². The molecule has 0 aromatic carbocycles. The van der Waals surface area contributed by atoms with Gasteiger partial charge in [0.2, 0.25) is 0 Å². The van der Waals surface area contributed by atoms with Crippen LogP contribution in [0.4, 0.5) is 0 Å². The third kappa shape index (κ3) is 54.2. The van der Waals surface area contributed by atoms with Crippen LogP contribution in [0.2, 0.25) is 0 Å². The molecular formula is C61H110O6. The molecule has 1 atom stereocenters. The minimum atomic E-state index is -0.786. The molecule has 0 aromatic rings. The van der Waals surface area contributed by atoms with Crippen molar-refractivity contribution in [3.8, 4) is 0 Å². The van der Waals surface area contributed by atoms with E-state index in [1.165, 1.54) is 180 Å². The Kier molecular flexibility index (Phi) is 53.8. The van der Waals surface area contributed by atoms with Crippen LogP contribution in [0.25, 0.3) is 0 Å². The number of carbonyl (C=O) groups is 3. The Bertz CT molecular complexity index is 1170. The summed E-state index contributed by atoms with van der Waals surface area (Å²) in [6.45, 7) is 6.53. The van der Waals surface area contributed by atoms with Gasteiger partial charge >= 0.3 is 17.9 Å². The van der Waals surface area contributed by atoms with Crippen LogP contribution in [0.3, 0.4) is 0 Å². The molecular weight excluding hydrogens is 829 g/mol. The smallest absolute Gasteiger partial charge is 0.306 e. The van der Waals surface area contributed by atoms with Crippen LogP contribution in [0, 0.1) is 0 Å². The maximum atomic E-state index is 12.9. The summed E-state index contributed by atoms with van der Waals surface area (Å²) in [7, 11) is 0. The Morgan fingerprint density at radius 1 is 0.313 bits per heavy atom. The van der Waals surface area contributed by atoms with E-state index in [2.05, 4.69) is 69.4 Å². The molecule has 0 bridgehead atoms. The molecule has 0 unspecified atom stereocenters. The monoisotopic (exact) mass is 939 g/mol. The summed E-state index contributed by atoms with van der Waals surface area (Å²) in [5, 5.41) is 0. The quantitative estimate of drug-likeness (QED) is 0.0262. The number of unbranched alkanes of at least 4 members (excludes halogenated alkanes) is 34. The number of carbonyl (C=O) groups excluding carboxylic acids is 3. The van der Waals surface area contributed by atoms with E-state index >= 15 is 0 Å². The average molecular weight is 940 g/mol. The van der Waals surface area contributed by atoms with Crippen molar-refractivity contribution in [3.05, 3.63) is 48.6 Å². The van der Waals surface area contributed by atoms with Crippen LogP contribution in [0.5, 0.6) is 0 Å². The van der Waals surface area contributed by atoms with Gasteiger partial charge in [-0.25, -0.2) is 0 Å². The van der Waals surface area contributed by atoms with E-state index in [-0.39, 0.29) is 31.1 Å². The molecule has 67 heavy (non-hydrogen) atoms. The van der Waals surface area contributed by atoms with E-state index in [4.69, 9.17) is 14.2 Å². The predicted octanol–water partition coefficient (Wildman–Crippen LogP) is 19.4. The van der Waals surface area contributed by atoms with E-state index in [0.717, 1.165) is 83.5 Å². The summed E-state index contributed by atoms with van der Waals surface area (Å²) in [4.78, 5) is 38.1. The molecule has 0 amide bonds. The van der Waals surface area contributed by atoms with Crippen molar-refractivity contribution in [1.82, 2.24) is 0 Å². The van der Waals surface area contributed by atoms with E-state index in [1.54, 1.807) is 0 Å². The number of allylic oxidation sites excluding steroid dienone is 8. The van der Waals surface area contributed by atoms with Crippen molar-refractivity contribution in [2.75, 3.05) is 13.2 Å². The minimum Gasteiger partial charge on any atom is -0.462 e. The van der Waals surface area contributed by atoms with E-state index < -0.39 is 6.10 Å². The lowest BCUT2D eigenvalue weighted by molar-refractivity contribution is -0.167. The van der Waals surface area contributed by atoms with Crippen LogP contribution in [0.1, 0.15) is 303 Å². The van der Waals surface area contributed by atoms with Crippen LogP contribution in [-0.2, 0) is 28.6 Å². The minimum absolute atomic E-state index is 0.0819. The normalized spacial score (nSPS) is 12.3. The predicted molar refractivity (Wildman–Crippen MR) is 289 cm³/mol. The summed E-state index contributed by atoms with van der Waals surface area (Å²) in [5.41, 5.74) is 0. The molecule has 0 saturated carbocycles. The van der Waals surface area contributed by atoms with Gasteiger partial charge in [0.25, 0.3) is 0 Å². The molecule has 0 N–H and O–H groups in total. The zero-order chi connectivity index (χ0) is 48.6. The fraction of sp³-hybridized carbons (Fsp3) is 0.820. The van der Waals surface area contributed by atoms with Crippen molar-refractivity contribution in [2.24, 2.45) is 0 Å². The van der Waals surface area contributed by atoms with Gasteiger partial charge in [-0.1, -0.05) is 275 Å². The highest BCUT2D eigenvalue weighted by molar-refractivity contribution is 5.71.